The standard InChI is InChI=1S/C46H38N3OP/c1-5-33(47-43-28-18-16-26-38(43)40-30-42-39(31-45(40)47)37-25-15-17-27-41(37)46(42,3)4)29-44-32(2)48(34-19-9-6-10-20-34)51(50,36-23-13-8-14-24-36)49(44)35-21-11-7-12-22-35/h5-31H,1H2,2-4H3/b33-29+. The first-order valence-electron chi connectivity index (χ1n) is 17.4. The molecule has 0 spiro atoms. The Labute approximate surface area is 299 Å². The van der Waals surface area contributed by atoms with Gasteiger partial charge in [0.2, 0.25) is 0 Å². The highest BCUT2D eigenvalue weighted by Gasteiger charge is 2.48. The Balaban J connectivity index is 1.34. The largest absolute Gasteiger partial charge is 0.309 e. The van der Waals surface area contributed by atoms with E-state index in [1.807, 2.05) is 102 Å². The van der Waals surface area contributed by atoms with Gasteiger partial charge >= 0.3 is 7.44 Å². The lowest BCUT2D eigenvalue weighted by molar-refractivity contribution is 0.581. The third-order valence-electron chi connectivity index (χ3n) is 10.7. The number of aromatic nitrogens is 1. The van der Waals surface area contributed by atoms with Crippen LogP contribution in [0.4, 0.5) is 11.4 Å². The average Bonchev–Trinajstić information content (AvgIpc) is 3.70. The van der Waals surface area contributed by atoms with E-state index in [1.165, 1.54) is 33.0 Å². The number of benzene rings is 6. The summed E-state index contributed by atoms with van der Waals surface area (Å²) in [5.74, 6) is 0. The fraction of sp³-hybridized carbons (Fsp3) is 0.0870. The maximum atomic E-state index is 16.1. The molecule has 1 unspecified atom stereocenters. The van der Waals surface area contributed by atoms with E-state index in [2.05, 4.69) is 103 Å². The van der Waals surface area contributed by atoms with Crippen molar-refractivity contribution < 1.29 is 4.57 Å². The highest BCUT2D eigenvalue weighted by atomic mass is 31.2. The number of allylic oxidation sites excluding steroid dienone is 4. The van der Waals surface area contributed by atoms with Gasteiger partial charge in [-0.05, 0) is 95.9 Å². The summed E-state index contributed by atoms with van der Waals surface area (Å²) in [6.45, 7) is 11.1. The summed E-state index contributed by atoms with van der Waals surface area (Å²) in [5, 5.41) is 3.15. The van der Waals surface area contributed by atoms with Crippen LogP contribution in [0.5, 0.6) is 0 Å². The van der Waals surface area contributed by atoms with Gasteiger partial charge in [-0.25, -0.2) is 0 Å². The van der Waals surface area contributed by atoms with Gasteiger partial charge in [-0.2, -0.15) is 0 Å². The van der Waals surface area contributed by atoms with Crippen molar-refractivity contribution in [2.75, 3.05) is 9.34 Å². The molecule has 0 fully saturated rings. The smallest absolute Gasteiger partial charge is 0.301 e. The molecule has 0 N–H and O–H groups in total. The molecule has 1 aromatic heterocycles. The van der Waals surface area contributed by atoms with Crippen molar-refractivity contribution in [1.82, 2.24) is 4.57 Å². The Kier molecular flexibility index (Phi) is 7.10. The Morgan fingerprint density at radius 3 is 1.90 bits per heavy atom. The van der Waals surface area contributed by atoms with Gasteiger partial charge < -0.3 is 4.57 Å². The monoisotopic (exact) mass is 679 g/mol. The fourth-order valence-corrected chi connectivity index (χ4v) is 11.4. The van der Waals surface area contributed by atoms with Crippen LogP contribution in [-0.4, -0.2) is 4.57 Å². The summed E-state index contributed by atoms with van der Waals surface area (Å²) in [5.41, 5.74) is 11.7. The Bertz CT molecular complexity index is 2620. The number of rotatable bonds is 6. The maximum Gasteiger partial charge on any atom is 0.301 e. The lowest BCUT2D eigenvalue weighted by Gasteiger charge is -2.34. The Hall–Kier alpha value is -5.83. The molecular formula is C46H38N3OP. The minimum Gasteiger partial charge on any atom is -0.309 e. The average molecular weight is 680 g/mol. The number of nitrogens with zero attached hydrogens (tertiary/aromatic N) is 3. The van der Waals surface area contributed by atoms with E-state index in [0.717, 1.165) is 44.8 Å². The second-order valence-corrected chi connectivity index (χ2v) is 16.3. The van der Waals surface area contributed by atoms with E-state index in [0.29, 0.717) is 0 Å². The van der Waals surface area contributed by atoms with Crippen molar-refractivity contribution >= 4 is 51.6 Å². The number of fused-ring (bicyclic) bond motifs is 6. The van der Waals surface area contributed by atoms with E-state index in [-0.39, 0.29) is 5.41 Å². The zero-order valence-corrected chi connectivity index (χ0v) is 29.9. The summed E-state index contributed by atoms with van der Waals surface area (Å²) in [6.07, 6.45) is 4.10. The zero-order valence-electron chi connectivity index (χ0n) is 29.0. The molecular weight excluding hydrogens is 642 g/mol. The topological polar surface area (TPSA) is 28.5 Å². The van der Waals surface area contributed by atoms with Crippen LogP contribution < -0.4 is 14.6 Å². The minimum atomic E-state index is -3.50. The van der Waals surface area contributed by atoms with E-state index >= 15 is 4.57 Å². The lowest BCUT2D eigenvalue weighted by atomic mass is 9.82. The SMILES string of the molecule is C=C/C(=C\C1=C(C)N(c2ccccc2)P(=O)(c2ccccc2)N1c1ccccc1)n1c2ccccc2c2cc3c(cc21)-c1ccccc1C3(C)C. The molecule has 1 aliphatic heterocycles. The number of hydrogen-bond donors (Lipinski definition) is 0. The molecule has 7 aromatic rings. The van der Waals surface area contributed by atoms with Crippen LogP contribution in [-0.2, 0) is 9.98 Å². The van der Waals surface area contributed by atoms with Crippen molar-refractivity contribution in [3.8, 4) is 11.1 Å². The predicted molar refractivity (Wildman–Crippen MR) is 216 cm³/mol. The van der Waals surface area contributed by atoms with Crippen LogP contribution in [0.25, 0.3) is 38.6 Å². The van der Waals surface area contributed by atoms with Crippen molar-refractivity contribution in [3.05, 3.63) is 193 Å². The molecule has 51 heavy (non-hydrogen) atoms. The summed E-state index contributed by atoms with van der Waals surface area (Å²) < 4.78 is 22.6. The highest BCUT2D eigenvalue weighted by Crippen LogP contribution is 2.64. The molecule has 5 heteroatoms. The molecule has 1 aliphatic carbocycles. The second kappa shape index (κ2) is 11.6. The van der Waals surface area contributed by atoms with Gasteiger partial charge in [-0.1, -0.05) is 117 Å². The van der Waals surface area contributed by atoms with E-state index in [9.17, 15) is 0 Å². The summed E-state index contributed by atoms with van der Waals surface area (Å²) in [4.78, 5) is 0. The van der Waals surface area contributed by atoms with Gasteiger partial charge in [0.05, 0.1) is 22.0 Å². The number of hydrogen-bond acceptors (Lipinski definition) is 1. The third-order valence-corrected chi connectivity index (χ3v) is 13.7. The van der Waals surface area contributed by atoms with Crippen molar-refractivity contribution in [3.63, 3.8) is 0 Å². The van der Waals surface area contributed by atoms with Gasteiger partial charge in [-0.15, -0.1) is 0 Å². The van der Waals surface area contributed by atoms with Gasteiger partial charge in [0.25, 0.3) is 0 Å². The predicted octanol–water partition coefficient (Wildman–Crippen LogP) is 11.9. The molecule has 9 rings (SSSR count). The highest BCUT2D eigenvalue weighted by molar-refractivity contribution is 7.75. The van der Waals surface area contributed by atoms with Gasteiger partial charge in [0.15, 0.2) is 0 Å². The van der Waals surface area contributed by atoms with Crippen LogP contribution in [0.1, 0.15) is 31.9 Å². The fourth-order valence-electron chi connectivity index (χ4n) is 8.30. The lowest BCUT2D eigenvalue weighted by Crippen LogP contribution is -2.28. The number of para-hydroxylation sites is 3. The minimum absolute atomic E-state index is 0.109. The van der Waals surface area contributed by atoms with Crippen LogP contribution >= 0.6 is 7.44 Å². The maximum absolute atomic E-state index is 16.1. The van der Waals surface area contributed by atoms with E-state index in [4.69, 9.17) is 0 Å². The van der Waals surface area contributed by atoms with Crippen molar-refractivity contribution in [2.45, 2.75) is 26.2 Å². The summed E-state index contributed by atoms with van der Waals surface area (Å²) in [7, 11) is -3.50. The molecule has 0 bridgehead atoms. The normalized spacial score (nSPS) is 18.1. The quantitative estimate of drug-likeness (QED) is 0.129. The van der Waals surface area contributed by atoms with Gasteiger partial charge in [0.1, 0.15) is 0 Å². The van der Waals surface area contributed by atoms with Crippen LogP contribution in [0.2, 0.25) is 0 Å². The first-order valence-corrected chi connectivity index (χ1v) is 19.0. The molecule has 0 amide bonds. The Morgan fingerprint density at radius 1 is 0.627 bits per heavy atom. The van der Waals surface area contributed by atoms with Gasteiger partial charge in [-0.3, -0.25) is 13.9 Å². The zero-order chi connectivity index (χ0) is 34.9. The molecule has 2 aliphatic rings. The molecule has 0 saturated heterocycles. The van der Waals surface area contributed by atoms with Crippen molar-refractivity contribution in [1.29, 1.82) is 0 Å². The molecule has 1 atom stereocenters. The van der Waals surface area contributed by atoms with Crippen molar-refractivity contribution in [2.24, 2.45) is 0 Å². The first-order chi connectivity index (χ1) is 24.8. The van der Waals surface area contributed by atoms with E-state index < -0.39 is 7.44 Å². The van der Waals surface area contributed by atoms with Crippen LogP contribution in [0, 0.1) is 0 Å². The Morgan fingerprint density at radius 2 is 1.22 bits per heavy atom. The first kappa shape index (κ1) is 31.2. The molecule has 0 saturated carbocycles. The summed E-state index contributed by atoms with van der Waals surface area (Å²) in [6, 6.07) is 52.2. The van der Waals surface area contributed by atoms with Crippen LogP contribution in [0.3, 0.4) is 0 Å². The van der Waals surface area contributed by atoms with Gasteiger partial charge in [0, 0.05) is 39.0 Å². The third kappa shape index (κ3) is 4.50. The van der Waals surface area contributed by atoms with E-state index in [1.54, 1.807) is 0 Å². The second-order valence-electron chi connectivity index (χ2n) is 13.9. The molecule has 0 radical (unpaired) electrons. The molecule has 2 heterocycles. The summed E-state index contributed by atoms with van der Waals surface area (Å²) >= 11 is 0. The molecule has 248 valence electrons. The molecule has 6 aromatic carbocycles. The van der Waals surface area contributed by atoms with Crippen LogP contribution in [0.15, 0.2) is 182 Å². The number of anilines is 2. The molecule has 4 nitrogen and oxygen atoms in total.